The van der Waals surface area contributed by atoms with E-state index in [0.717, 1.165) is 75.9 Å². The molecule has 1 amide bonds. The van der Waals surface area contributed by atoms with Gasteiger partial charge in [-0.2, -0.15) is 0 Å². The van der Waals surface area contributed by atoms with Gasteiger partial charge in [0, 0.05) is 45.7 Å². The monoisotopic (exact) mass is 574 g/mol. The van der Waals surface area contributed by atoms with Gasteiger partial charge in [0.05, 0.1) is 26.9 Å². The molecule has 1 aromatic carbocycles. The van der Waals surface area contributed by atoms with E-state index in [0.29, 0.717) is 25.7 Å². The summed E-state index contributed by atoms with van der Waals surface area (Å²) in [7, 11) is 3.49. The van der Waals surface area contributed by atoms with Crippen molar-refractivity contribution in [1.29, 1.82) is 0 Å². The Balaban J connectivity index is 0.00000385. The summed E-state index contributed by atoms with van der Waals surface area (Å²) < 4.78 is 16.4. The summed E-state index contributed by atoms with van der Waals surface area (Å²) in [6.07, 6.45) is 3.69. The molecule has 1 aromatic rings. The van der Waals surface area contributed by atoms with Gasteiger partial charge in [0.1, 0.15) is 0 Å². The molecule has 2 fully saturated rings. The standard InChI is InChI=1S/C24H38N4O4.HI/c1-4-32-22-18-19(7-8-21(22)30-3)6-5-11-26-24(25-2)28-12-9-20(10-13-28)23(29)27-14-16-31-17-15-27;/h7-8,18,20H,4-6,9-17H2,1-3H3,(H,25,26);1H. The number of hydrogen-bond donors (Lipinski definition) is 1. The highest BCUT2D eigenvalue weighted by molar-refractivity contribution is 14.0. The van der Waals surface area contributed by atoms with Crippen molar-refractivity contribution >= 4 is 35.8 Å². The summed E-state index contributed by atoms with van der Waals surface area (Å²) in [5.41, 5.74) is 1.23. The SMILES string of the molecule is CCOc1cc(CCCNC(=NC)N2CCC(C(=O)N3CCOCC3)CC2)ccc1OC.I. The van der Waals surface area contributed by atoms with Crippen LogP contribution >= 0.6 is 24.0 Å². The first-order valence-corrected chi connectivity index (χ1v) is 11.8. The number of carbonyl (C=O) groups is 1. The van der Waals surface area contributed by atoms with Crippen LogP contribution in [0.2, 0.25) is 0 Å². The molecule has 186 valence electrons. The number of aliphatic imine (C=N–C) groups is 1. The zero-order chi connectivity index (χ0) is 22.8. The van der Waals surface area contributed by atoms with Gasteiger partial charge in [0.25, 0.3) is 0 Å². The largest absolute Gasteiger partial charge is 0.493 e. The molecule has 9 heteroatoms. The number of nitrogens with zero attached hydrogens (tertiary/aromatic N) is 3. The van der Waals surface area contributed by atoms with Crippen LogP contribution in [0, 0.1) is 5.92 Å². The first kappa shape index (κ1) is 27.5. The number of carbonyl (C=O) groups excluding carboxylic acids is 1. The molecular weight excluding hydrogens is 535 g/mol. The van der Waals surface area contributed by atoms with Gasteiger partial charge in [0.15, 0.2) is 17.5 Å². The molecule has 0 saturated carbocycles. The first-order valence-electron chi connectivity index (χ1n) is 11.8. The molecule has 2 aliphatic rings. The first-order chi connectivity index (χ1) is 15.7. The second-order valence-corrected chi connectivity index (χ2v) is 8.19. The maximum atomic E-state index is 12.7. The minimum absolute atomic E-state index is 0. The van der Waals surface area contributed by atoms with Crippen molar-refractivity contribution in [1.82, 2.24) is 15.1 Å². The van der Waals surface area contributed by atoms with E-state index in [1.54, 1.807) is 7.11 Å². The Labute approximate surface area is 215 Å². The summed E-state index contributed by atoms with van der Waals surface area (Å²) in [5.74, 6) is 2.90. The van der Waals surface area contributed by atoms with Gasteiger partial charge in [-0.3, -0.25) is 9.79 Å². The van der Waals surface area contributed by atoms with Crippen molar-refractivity contribution in [3.05, 3.63) is 23.8 Å². The molecule has 3 rings (SSSR count). The lowest BCUT2D eigenvalue weighted by molar-refractivity contribution is -0.140. The molecule has 1 N–H and O–H groups in total. The van der Waals surface area contributed by atoms with Crippen LogP contribution in [0.25, 0.3) is 0 Å². The molecular formula is C24H39IN4O4. The zero-order valence-electron chi connectivity index (χ0n) is 20.2. The number of morpholine rings is 1. The lowest BCUT2D eigenvalue weighted by atomic mass is 9.95. The van der Waals surface area contributed by atoms with Gasteiger partial charge in [-0.1, -0.05) is 6.07 Å². The average molecular weight is 575 g/mol. The van der Waals surface area contributed by atoms with Crippen LogP contribution in [-0.4, -0.2) is 88.4 Å². The van der Waals surface area contributed by atoms with Gasteiger partial charge in [-0.05, 0) is 50.3 Å². The Morgan fingerprint density at radius 2 is 1.88 bits per heavy atom. The summed E-state index contributed by atoms with van der Waals surface area (Å²) in [6.45, 7) is 7.91. The third-order valence-electron chi connectivity index (χ3n) is 6.13. The van der Waals surface area contributed by atoms with Gasteiger partial charge >= 0.3 is 0 Å². The smallest absolute Gasteiger partial charge is 0.225 e. The molecule has 0 atom stereocenters. The quantitative estimate of drug-likeness (QED) is 0.223. The topological polar surface area (TPSA) is 75.6 Å². The molecule has 0 aromatic heterocycles. The number of ether oxygens (including phenoxy) is 3. The molecule has 2 heterocycles. The highest BCUT2D eigenvalue weighted by Crippen LogP contribution is 2.28. The third kappa shape index (κ3) is 7.91. The van der Waals surface area contributed by atoms with Crippen LogP contribution in [0.1, 0.15) is 31.7 Å². The van der Waals surface area contributed by atoms with E-state index < -0.39 is 0 Å². The van der Waals surface area contributed by atoms with E-state index in [9.17, 15) is 4.79 Å². The number of rotatable bonds is 8. The Hall–Kier alpha value is -1.75. The Kier molecular flexibility index (Phi) is 12.1. The molecule has 0 aliphatic carbocycles. The minimum Gasteiger partial charge on any atom is -0.493 e. The van der Waals surface area contributed by atoms with Crippen molar-refractivity contribution < 1.29 is 19.0 Å². The van der Waals surface area contributed by atoms with Gasteiger partial charge in [0.2, 0.25) is 5.91 Å². The molecule has 0 unspecified atom stereocenters. The van der Waals surface area contributed by atoms with Crippen molar-refractivity contribution in [2.45, 2.75) is 32.6 Å². The van der Waals surface area contributed by atoms with Crippen LogP contribution in [0.4, 0.5) is 0 Å². The summed E-state index contributed by atoms with van der Waals surface area (Å²) in [6, 6.07) is 6.12. The molecule has 0 spiro atoms. The average Bonchev–Trinajstić information content (AvgIpc) is 2.85. The van der Waals surface area contributed by atoms with Gasteiger partial charge < -0.3 is 29.3 Å². The summed E-state index contributed by atoms with van der Waals surface area (Å²) in [4.78, 5) is 21.4. The summed E-state index contributed by atoms with van der Waals surface area (Å²) >= 11 is 0. The Bertz CT molecular complexity index is 763. The highest BCUT2D eigenvalue weighted by Gasteiger charge is 2.30. The molecule has 33 heavy (non-hydrogen) atoms. The maximum absolute atomic E-state index is 12.7. The van der Waals surface area contributed by atoms with E-state index in [1.807, 2.05) is 24.9 Å². The van der Waals surface area contributed by atoms with E-state index in [2.05, 4.69) is 27.3 Å². The molecule has 2 aliphatic heterocycles. The van der Waals surface area contributed by atoms with Crippen LogP contribution in [0.5, 0.6) is 11.5 Å². The Morgan fingerprint density at radius 1 is 1.15 bits per heavy atom. The van der Waals surface area contributed by atoms with E-state index in [-0.39, 0.29) is 29.9 Å². The second-order valence-electron chi connectivity index (χ2n) is 8.19. The number of guanidine groups is 1. The maximum Gasteiger partial charge on any atom is 0.225 e. The number of amides is 1. The van der Waals surface area contributed by atoms with Gasteiger partial charge in [-0.25, -0.2) is 0 Å². The van der Waals surface area contributed by atoms with Crippen molar-refractivity contribution in [3.8, 4) is 11.5 Å². The number of hydrogen-bond acceptors (Lipinski definition) is 5. The minimum atomic E-state index is 0. The van der Waals surface area contributed by atoms with Crippen molar-refractivity contribution in [3.63, 3.8) is 0 Å². The molecule has 8 nitrogen and oxygen atoms in total. The van der Waals surface area contributed by atoms with Crippen LogP contribution in [0.15, 0.2) is 23.2 Å². The van der Waals surface area contributed by atoms with E-state index >= 15 is 0 Å². The number of likely N-dealkylation sites (tertiary alicyclic amines) is 1. The predicted octanol–water partition coefficient (Wildman–Crippen LogP) is 2.79. The Morgan fingerprint density at radius 3 is 2.52 bits per heavy atom. The molecule has 0 radical (unpaired) electrons. The number of methoxy groups -OCH3 is 1. The third-order valence-corrected chi connectivity index (χ3v) is 6.13. The van der Waals surface area contributed by atoms with E-state index in [4.69, 9.17) is 14.2 Å². The lowest BCUT2D eigenvalue weighted by Gasteiger charge is -2.36. The number of nitrogens with one attached hydrogen (secondary N) is 1. The number of piperidine rings is 1. The van der Waals surface area contributed by atoms with Crippen LogP contribution in [0.3, 0.4) is 0 Å². The molecule has 0 bridgehead atoms. The zero-order valence-corrected chi connectivity index (χ0v) is 22.5. The highest BCUT2D eigenvalue weighted by atomic mass is 127. The molecule has 2 saturated heterocycles. The fourth-order valence-electron chi connectivity index (χ4n) is 4.35. The van der Waals surface area contributed by atoms with Crippen molar-refractivity contribution in [2.75, 3.05) is 66.7 Å². The number of halogens is 1. The lowest BCUT2D eigenvalue weighted by Crippen LogP contribution is -2.50. The van der Waals surface area contributed by atoms with Crippen LogP contribution < -0.4 is 14.8 Å². The fraction of sp³-hybridized carbons (Fsp3) is 0.667. The van der Waals surface area contributed by atoms with Gasteiger partial charge in [-0.15, -0.1) is 24.0 Å². The van der Waals surface area contributed by atoms with Crippen LogP contribution in [-0.2, 0) is 16.0 Å². The predicted molar refractivity (Wildman–Crippen MR) is 141 cm³/mol. The number of aryl methyl sites for hydroxylation is 1. The second kappa shape index (κ2) is 14.5. The number of benzene rings is 1. The normalized spacial score (nSPS) is 17.4. The summed E-state index contributed by atoms with van der Waals surface area (Å²) in [5, 5.41) is 3.49. The fourth-order valence-corrected chi connectivity index (χ4v) is 4.35. The van der Waals surface area contributed by atoms with E-state index in [1.165, 1.54) is 5.56 Å². The van der Waals surface area contributed by atoms with Crippen molar-refractivity contribution in [2.24, 2.45) is 10.9 Å².